The van der Waals surface area contributed by atoms with Gasteiger partial charge in [-0.1, -0.05) is 142 Å². The molecule has 0 saturated carbocycles. The SMILES string of the molecule is CC.CC.CC.CC.CC.CC.Cc1ccc(N)cc1.Cc1ccc(NC(=O)c2ccc(C)cc2)cc1.Cc1ccc([C-]=O)cc1.Nc1ccc(NC(=O)c2ccc(N)cc2)cc1.[W]. The van der Waals surface area contributed by atoms with Crippen molar-refractivity contribution < 1.29 is 35.4 Å². The molecule has 0 unspecified atom stereocenters. The minimum atomic E-state index is -0.172. The second-order valence-electron chi connectivity index (χ2n) is 11.8. The smallest absolute Gasteiger partial charge is 0.255 e. The predicted molar refractivity (Wildman–Crippen MR) is 280 cm³/mol. The molecule has 0 aliphatic rings. The van der Waals surface area contributed by atoms with Crippen molar-refractivity contribution >= 4 is 46.5 Å². The molecular weight excluding hydrogens is 962 g/mol. The summed E-state index contributed by atoms with van der Waals surface area (Å²) >= 11 is 0. The molecule has 0 radical (unpaired) electrons. The van der Waals surface area contributed by atoms with Crippen LogP contribution < -0.4 is 27.8 Å². The summed E-state index contributed by atoms with van der Waals surface area (Å²) in [5.74, 6) is -0.247. The van der Waals surface area contributed by atoms with E-state index in [4.69, 9.17) is 17.2 Å². The Morgan fingerprint density at radius 3 is 0.844 bits per heavy atom. The maximum atomic E-state index is 11.9. The van der Waals surface area contributed by atoms with E-state index in [1.165, 1.54) is 11.1 Å². The third kappa shape index (κ3) is 32.7. The molecule has 0 bridgehead atoms. The van der Waals surface area contributed by atoms with Crippen LogP contribution >= 0.6 is 0 Å². The van der Waals surface area contributed by atoms with Gasteiger partial charge in [0.25, 0.3) is 11.8 Å². The Hall–Kier alpha value is -5.98. The van der Waals surface area contributed by atoms with Crippen LogP contribution in [0.25, 0.3) is 0 Å². The Kier molecular flexibility index (Phi) is 47.2. The Bertz CT molecular complexity index is 1840. The second kappa shape index (κ2) is 45.1. The number of rotatable bonds is 5. The maximum absolute atomic E-state index is 11.9. The van der Waals surface area contributed by atoms with E-state index in [1.54, 1.807) is 66.9 Å². The fourth-order valence-corrected chi connectivity index (χ4v) is 4.14. The van der Waals surface area contributed by atoms with E-state index in [0.29, 0.717) is 33.8 Å². The molecule has 0 aliphatic heterocycles. The first kappa shape index (κ1) is 67.1. The maximum Gasteiger partial charge on any atom is 0.255 e. The molecule has 9 heteroatoms. The topological polar surface area (TPSA) is 153 Å². The van der Waals surface area contributed by atoms with Gasteiger partial charge in [-0.2, -0.15) is 17.7 Å². The molecule has 0 aliphatic carbocycles. The number of nitrogen functional groups attached to an aromatic ring is 3. The van der Waals surface area contributed by atoms with Crippen LogP contribution in [0.15, 0.2) is 146 Å². The first-order valence-electron chi connectivity index (χ1n) is 22.2. The van der Waals surface area contributed by atoms with E-state index in [1.807, 2.05) is 196 Å². The number of aryl methyl sites for hydroxylation is 4. The van der Waals surface area contributed by atoms with Crippen molar-refractivity contribution in [3.05, 3.63) is 185 Å². The number of nitrogens with one attached hydrogen (secondary N) is 2. The molecule has 0 fully saturated rings. The molecule has 6 aromatic rings. The van der Waals surface area contributed by atoms with Crippen LogP contribution in [0.2, 0.25) is 0 Å². The minimum Gasteiger partial charge on any atom is -0.399 e. The van der Waals surface area contributed by atoms with Crippen LogP contribution in [-0.2, 0) is 25.9 Å². The number of benzene rings is 6. The number of amides is 2. The van der Waals surface area contributed by atoms with Crippen LogP contribution in [0, 0.1) is 27.7 Å². The average Bonchev–Trinajstić information content (AvgIpc) is 3.34. The zero-order valence-electron chi connectivity index (χ0n) is 41.7. The second-order valence-corrected chi connectivity index (χ2v) is 11.8. The number of carbonyl (C=O) groups excluding carboxylic acids is 3. The van der Waals surface area contributed by atoms with Crippen molar-refractivity contribution in [2.24, 2.45) is 0 Å². The Morgan fingerprint density at radius 1 is 0.359 bits per heavy atom. The molecule has 0 aromatic heterocycles. The molecule has 6 rings (SSSR count). The third-order valence-electron chi connectivity index (χ3n) is 7.21. The summed E-state index contributed by atoms with van der Waals surface area (Å²) in [4.78, 5) is 33.7. The molecule has 350 valence electrons. The molecule has 64 heavy (non-hydrogen) atoms. The fourth-order valence-electron chi connectivity index (χ4n) is 4.14. The van der Waals surface area contributed by atoms with Gasteiger partial charge in [0.2, 0.25) is 0 Å². The normalized spacial score (nSPS) is 8.25. The van der Waals surface area contributed by atoms with Gasteiger partial charge in [-0.15, -0.1) is 12.1 Å². The van der Waals surface area contributed by atoms with Crippen molar-refractivity contribution in [1.82, 2.24) is 0 Å². The van der Waals surface area contributed by atoms with Crippen LogP contribution in [0.3, 0.4) is 0 Å². The van der Waals surface area contributed by atoms with Crippen molar-refractivity contribution in [2.75, 3.05) is 27.8 Å². The van der Waals surface area contributed by atoms with Gasteiger partial charge >= 0.3 is 0 Å². The van der Waals surface area contributed by atoms with E-state index in [2.05, 4.69) is 10.6 Å². The molecule has 8 N–H and O–H groups in total. The van der Waals surface area contributed by atoms with Gasteiger partial charge in [0.15, 0.2) is 0 Å². The van der Waals surface area contributed by atoms with Gasteiger partial charge in [0.1, 0.15) is 0 Å². The summed E-state index contributed by atoms with van der Waals surface area (Å²) in [5.41, 5.74) is 26.8. The molecule has 8 nitrogen and oxygen atoms in total. The monoisotopic (exact) mass is 1040 g/mol. The van der Waals surface area contributed by atoms with Crippen LogP contribution in [0.5, 0.6) is 0 Å². The van der Waals surface area contributed by atoms with Gasteiger partial charge in [-0.05, 0) is 113 Å². The van der Waals surface area contributed by atoms with Crippen molar-refractivity contribution in [1.29, 1.82) is 0 Å². The molecule has 6 aromatic carbocycles. The Balaban J connectivity index is -0.000000230. The van der Waals surface area contributed by atoms with E-state index in [9.17, 15) is 14.4 Å². The van der Waals surface area contributed by atoms with Crippen molar-refractivity contribution in [2.45, 2.75) is 111 Å². The van der Waals surface area contributed by atoms with Gasteiger partial charge in [0, 0.05) is 60.6 Å². The summed E-state index contributed by atoms with van der Waals surface area (Å²) in [6, 6.07) is 44.1. The zero-order valence-corrected chi connectivity index (χ0v) is 44.7. The quantitative estimate of drug-likeness (QED) is 0.0856. The zero-order chi connectivity index (χ0) is 49.2. The molecular formula is C55H80N5O3W-. The largest absolute Gasteiger partial charge is 0.399 e. The van der Waals surface area contributed by atoms with Gasteiger partial charge in [-0.3, -0.25) is 9.59 Å². The summed E-state index contributed by atoms with van der Waals surface area (Å²) in [6.07, 6.45) is 1.80. The van der Waals surface area contributed by atoms with Crippen LogP contribution in [-0.4, -0.2) is 18.1 Å². The van der Waals surface area contributed by atoms with Gasteiger partial charge in [0.05, 0.1) is 6.29 Å². The summed E-state index contributed by atoms with van der Waals surface area (Å²) < 4.78 is 0. The molecule has 0 heterocycles. The van der Waals surface area contributed by atoms with Crippen molar-refractivity contribution in [3.8, 4) is 0 Å². The number of hydrogen-bond acceptors (Lipinski definition) is 6. The summed E-state index contributed by atoms with van der Waals surface area (Å²) in [5, 5.41) is 5.64. The van der Waals surface area contributed by atoms with Gasteiger partial charge < -0.3 is 32.6 Å². The molecule has 0 atom stereocenters. The summed E-state index contributed by atoms with van der Waals surface area (Å²) in [6.45, 7) is 32.0. The number of nitrogens with two attached hydrogens (primary N) is 3. The van der Waals surface area contributed by atoms with E-state index < -0.39 is 0 Å². The molecule has 0 spiro atoms. The van der Waals surface area contributed by atoms with Crippen LogP contribution in [0.4, 0.5) is 28.4 Å². The first-order chi connectivity index (χ1) is 30.4. The van der Waals surface area contributed by atoms with E-state index >= 15 is 0 Å². The minimum absolute atomic E-state index is 0. The predicted octanol–water partition coefficient (Wildman–Crippen LogP) is 14.8. The molecule has 0 saturated heterocycles. The van der Waals surface area contributed by atoms with Crippen LogP contribution in [0.1, 0.15) is 132 Å². The standard InChI is InChI=1S/C15H15NO.C13H13N3O.C8H7O.C7H9N.6C2H6.W/c1-11-3-7-13(8-4-11)15(17)16-14-9-5-12(2)6-10-14;14-10-3-1-9(2-4-10)13(17)16-12-7-5-11(15)6-8-12;1-7-2-4-8(6-9)5-3-7;1-6-2-4-7(8)5-3-6;6*1-2;/h3-10H,1-2H3,(H,16,17);1-8H,14-15H2,(H,16,17);2-5H,1H3;2-5H,8H2,1H3;6*1-2H3;/q;;-1;;;;;;;;. The van der Waals surface area contributed by atoms with E-state index in [0.717, 1.165) is 22.5 Å². The van der Waals surface area contributed by atoms with Crippen molar-refractivity contribution in [3.63, 3.8) is 0 Å². The Morgan fingerprint density at radius 2 is 0.562 bits per heavy atom. The number of carbonyl (C=O) groups is 2. The van der Waals surface area contributed by atoms with Gasteiger partial charge in [-0.25, -0.2) is 0 Å². The fraction of sp³-hybridized carbons (Fsp3) is 0.291. The average molecular weight is 1040 g/mol. The number of hydrogen-bond donors (Lipinski definition) is 5. The van der Waals surface area contributed by atoms with E-state index in [-0.39, 0.29) is 32.9 Å². The third-order valence-corrected chi connectivity index (χ3v) is 7.21. The summed E-state index contributed by atoms with van der Waals surface area (Å²) in [7, 11) is 0. The number of anilines is 5. The Labute approximate surface area is 403 Å². The molecule has 2 amide bonds. The first-order valence-corrected chi connectivity index (χ1v) is 22.2.